The number of carbonyl (C=O) groups excluding carboxylic acids is 2. The van der Waals surface area contributed by atoms with Gasteiger partial charge in [0.05, 0.1) is 18.7 Å². The van der Waals surface area contributed by atoms with E-state index in [-0.39, 0.29) is 30.0 Å². The molecule has 0 N–H and O–H groups in total. The second-order valence-corrected chi connectivity index (χ2v) is 7.75. The maximum absolute atomic E-state index is 14.0. The number of methoxy groups -OCH3 is 1. The first-order valence-corrected chi connectivity index (χ1v) is 10.2. The molecule has 2 fully saturated rings. The number of hydrogen-bond donors (Lipinski definition) is 0. The fourth-order valence-electron chi connectivity index (χ4n) is 4.26. The Morgan fingerprint density at radius 2 is 1.77 bits per heavy atom. The Hall–Kier alpha value is -3.09. The number of likely N-dealkylation sites (tertiary alicyclic amines) is 1. The number of halogens is 1. The van der Waals surface area contributed by atoms with Gasteiger partial charge in [0.1, 0.15) is 11.6 Å². The highest BCUT2D eigenvalue weighted by Gasteiger charge is 2.37. The van der Waals surface area contributed by atoms with E-state index >= 15 is 0 Å². The van der Waals surface area contributed by atoms with Crippen molar-refractivity contribution >= 4 is 17.5 Å². The quantitative estimate of drug-likeness (QED) is 0.759. The first-order valence-electron chi connectivity index (χ1n) is 10.2. The number of ether oxygens (including phenoxy) is 1. The normalized spacial score (nSPS) is 19.3. The van der Waals surface area contributed by atoms with E-state index in [1.807, 2.05) is 40.1 Å². The Bertz CT molecular complexity index is 927. The molecule has 0 aliphatic carbocycles. The van der Waals surface area contributed by atoms with Gasteiger partial charge >= 0.3 is 0 Å². The van der Waals surface area contributed by atoms with Crippen molar-refractivity contribution in [3.05, 3.63) is 59.9 Å². The Kier molecular flexibility index (Phi) is 5.88. The summed E-state index contributed by atoms with van der Waals surface area (Å²) in [5, 5.41) is 0. The number of amides is 2. The molecular formula is C23H26FN3O3. The van der Waals surface area contributed by atoms with Gasteiger partial charge in [0, 0.05) is 51.3 Å². The number of anilines is 1. The zero-order chi connectivity index (χ0) is 21.1. The van der Waals surface area contributed by atoms with Gasteiger partial charge in [-0.25, -0.2) is 4.39 Å². The Labute approximate surface area is 175 Å². The van der Waals surface area contributed by atoms with E-state index in [2.05, 4.69) is 0 Å². The fraction of sp³-hybridized carbons (Fsp3) is 0.391. The van der Waals surface area contributed by atoms with Gasteiger partial charge in [-0.2, -0.15) is 0 Å². The summed E-state index contributed by atoms with van der Waals surface area (Å²) in [5.74, 6) is 0.172. The van der Waals surface area contributed by atoms with Crippen LogP contribution in [0.2, 0.25) is 0 Å². The van der Waals surface area contributed by atoms with Crippen LogP contribution < -0.4 is 9.64 Å². The zero-order valence-corrected chi connectivity index (χ0v) is 17.1. The summed E-state index contributed by atoms with van der Waals surface area (Å²) in [6.45, 7) is 3.09. The molecule has 2 aromatic rings. The Morgan fingerprint density at radius 1 is 1.07 bits per heavy atom. The maximum Gasteiger partial charge on any atom is 0.228 e. The molecule has 158 valence electrons. The van der Waals surface area contributed by atoms with Gasteiger partial charge in [-0.1, -0.05) is 30.3 Å². The SMILES string of the molecule is COc1ccccc1CN1C[C@H](C(=O)N2CCN(c3ccccc3F)CC2)CC1=O. The monoisotopic (exact) mass is 411 g/mol. The van der Waals surface area contributed by atoms with Crippen molar-refractivity contribution in [3.63, 3.8) is 0 Å². The molecule has 2 saturated heterocycles. The van der Waals surface area contributed by atoms with Crippen molar-refractivity contribution < 1.29 is 18.7 Å². The van der Waals surface area contributed by atoms with Crippen LogP contribution in [0, 0.1) is 11.7 Å². The predicted octanol–water partition coefficient (Wildman–Crippen LogP) is 2.53. The minimum atomic E-state index is -0.327. The van der Waals surface area contributed by atoms with Crippen molar-refractivity contribution in [2.45, 2.75) is 13.0 Å². The van der Waals surface area contributed by atoms with E-state index in [9.17, 15) is 14.0 Å². The van der Waals surface area contributed by atoms with Gasteiger partial charge < -0.3 is 19.4 Å². The average Bonchev–Trinajstić information content (AvgIpc) is 3.14. The van der Waals surface area contributed by atoms with E-state index in [4.69, 9.17) is 4.74 Å². The van der Waals surface area contributed by atoms with Crippen molar-refractivity contribution in [2.24, 2.45) is 5.92 Å². The third kappa shape index (κ3) is 4.10. The molecule has 0 spiro atoms. The molecule has 30 heavy (non-hydrogen) atoms. The minimum Gasteiger partial charge on any atom is -0.496 e. The Balaban J connectivity index is 1.35. The number of rotatable bonds is 5. The van der Waals surface area contributed by atoms with E-state index in [1.165, 1.54) is 6.07 Å². The van der Waals surface area contributed by atoms with Crippen LogP contribution in [0.1, 0.15) is 12.0 Å². The van der Waals surface area contributed by atoms with Crippen LogP contribution in [0.25, 0.3) is 0 Å². The fourth-order valence-corrected chi connectivity index (χ4v) is 4.26. The van der Waals surface area contributed by atoms with Crippen molar-refractivity contribution in [3.8, 4) is 5.75 Å². The summed E-state index contributed by atoms with van der Waals surface area (Å²) in [4.78, 5) is 31.0. The van der Waals surface area contributed by atoms with E-state index in [0.29, 0.717) is 45.0 Å². The molecule has 0 unspecified atom stereocenters. The van der Waals surface area contributed by atoms with Gasteiger partial charge in [-0.3, -0.25) is 9.59 Å². The number of para-hydroxylation sites is 2. The topological polar surface area (TPSA) is 53.1 Å². The molecule has 4 rings (SSSR count). The van der Waals surface area contributed by atoms with Crippen molar-refractivity contribution in [2.75, 3.05) is 44.7 Å². The summed E-state index contributed by atoms with van der Waals surface area (Å²) >= 11 is 0. The number of carbonyl (C=O) groups is 2. The molecule has 7 heteroatoms. The second kappa shape index (κ2) is 8.73. The summed E-state index contributed by atoms with van der Waals surface area (Å²) < 4.78 is 19.4. The first-order chi connectivity index (χ1) is 14.6. The highest BCUT2D eigenvalue weighted by atomic mass is 19.1. The molecular weight excluding hydrogens is 385 g/mol. The third-order valence-electron chi connectivity index (χ3n) is 5.90. The standard InChI is InChI=1S/C23H26FN3O3/c1-30-21-9-5-2-6-17(21)15-27-16-18(14-22(27)28)23(29)26-12-10-25(11-13-26)20-8-4-3-7-19(20)24/h2-9,18H,10-16H2,1H3/t18-/m1/s1. The molecule has 0 radical (unpaired) electrons. The second-order valence-electron chi connectivity index (χ2n) is 7.75. The molecule has 2 heterocycles. The molecule has 0 bridgehead atoms. The van der Waals surface area contributed by atoms with E-state index in [1.54, 1.807) is 24.1 Å². The zero-order valence-electron chi connectivity index (χ0n) is 17.1. The summed E-state index contributed by atoms with van der Waals surface area (Å²) in [5.41, 5.74) is 1.50. The number of hydrogen-bond acceptors (Lipinski definition) is 4. The van der Waals surface area contributed by atoms with Crippen LogP contribution in [0.3, 0.4) is 0 Å². The van der Waals surface area contributed by atoms with Gasteiger partial charge in [0.2, 0.25) is 11.8 Å². The third-order valence-corrected chi connectivity index (χ3v) is 5.90. The Morgan fingerprint density at radius 3 is 2.50 bits per heavy atom. The molecule has 2 aromatic carbocycles. The smallest absolute Gasteiger partial charge is 0.228 e. The number of benzene rings is 2. The predicted molar refractivity (Wildman–Crippen MR) is 112 cm³/mol. The van der Waals surface area contributed by atoms with E-state index in [0.717, 1.165) is 11.3 Å². The van der Waals surface area contributed by atoms with Crippen LogP contribution in [0.4, 0.5) is 10.1 Å². The van der Waals surface area contributed by atoms with Gasteiger partial charge in [-0.15, -0.1) is 0 Å². The molecule has 0 aromatic heterocycles. The molecule has 0 saturated carbocycles. The molecule has 6 nitrogen and oxygen atoms in total. The van der Waals surface area contributed by atoms with Crippen LogP contribution >= 0.6 is 0 Å². The van der Waals surface area contributed by atoms with Gasteiger partial charge in [-0.05, 0) is 18.2 Å². The molecule has 1 atom stereocenters. The van der Waals surface area contributed by atoms with Crippen molar-refractivity contribution in [1.29, 1.82) is 0 Å². The molecule has 2 amide bonds. The first kappa shape index (κ1) is 20.2. The van der Waals surface area contributed by atoms with Crippen molar-refractivity contribution in [1.82, 2.24) is 9.80 Å². The van der Waals surface area contributed by atoms with Crippen LogP contribution in [-0.2, 0) is 16.1 Å². The minimum absolute atomic E-state index is 0.00995. The number of nitrogens with zero attached hydrogens (tertiary/aromatic N) is 3. The summed E-state index contributed by atoms with van der Waals surface area (Å²) in [7, 11) is 1.61. The van der Waals surface area contributed by atoms with Gasteiger partial charge in [0.15, 0.2) is 0 Å². The lowest BCUT2D eigenvalue weighted by Crippen LogP contribution is -2.50. The lowest BCUT2D eigenvalue weighted by molar-refractivity contribution is -0.136. The van der Waals surface area contributed by atoms with Gasteiger partial charge in [0.25, 0.3) is 0 Å². The molecule has 2 aliphatic heterocycles. The lowest BCUT2D eigenvalue weighted by Gasteiger charge is -2.37. The van der Waals surface area contributed by atoms with Crippen LogP contribution in [0.15, 0.2) is 48.5 Å². The maximum atomic E-state index is 14.0. The lowest BCUT2D eigenvalue weighted by atomic mass is 10.1. The number of piperazine rings is 1. The van der Waals surface area contributed by atoms with Crippen LogP contribution in [0.5, 0.6) is 5.75 Å². The highest BCUT2D eigenvalue weighted by Crippen LogP contribution is 2.27. The van der Waals surface area contributed by atoms with Crippen LogP contribution in [-0.4, -0.2) is 61.4 Å². The highest BCUT2D eigenvalue weighted by molar-refractivity contribution is 5.89. The summed E-state index contributed by atoms with van der Waals surface area (Å²) in [6.07, 6.45) is 0.238. The molecule has 2 aliphatic rings. The van der Waals surface area contributed by atoms with E-state index < -0.39 is 0 Å². The summed E-state index contributed by atoms with van der Waals surface area (Å²) in [6, 6.07) is 14.3. The largest absolute Gasteiger partial charge is 0.496 e. The average molecular weight is 411 g/mol.